The number of rotatable bonds is 6. The summed E-state index contributed by atoms with van der Waals surface area (Å²) in [6, 6.07) is 68.6. The molecular weight excluding hydrogens is 701 g/mol. The van der Waals surface area contributed by atoms with Crippen LogP contribution in [0.3, 0.4) is 0 Å². The molecule has 3 heterocycles. The number of fused-ring (bicyclic) bond motifs is 6. The van der Waals surface area contributed by atoms with Crippen molar-refractivity contribution >= 4 is 53.3 Å². The average Bonchev–Trinajstić information content (AvgIpc) is 3.82. The van der Waals surface area contributed by atoms with Crippen molar-refractivity contribution in [3.05, 3.63) is 194 Å². The Morgan fingerprint density at radius 3 is 1.68 bits per heavy atom. The van der Waals surface area contributed by atoms with Gasteiger partial charge in [0.05, 0.1) is 11.0 Å². The van der Waals surface area contributed by atoms with Gasteiger partial charge in [0.15, 0.2) is 17.5 Å². The van der Waals surface area contributed by atoms with Gasteiger partial charge in [0.1, 0.15) is 0 Å². The van der Waals surface area contributed by atoms with Gasteiger partial charge in [-0.3, -0.25) is 0 Å². The zero-order valence-corrected chi connectivity index (χ0v) is 31.0. The molecule has 262 valence electrons. The van der Waals surface area contributed by atoms with E-state index in [2.05, 4.69) is 138 Å². The molecule has 4 nitrogen and oxygen atoms in total. The second-order valence-corrected chi connectivity index (χ2v) is 15.1. The lowest BCUT2D eigenvalue weighted by atomic mass is 9.98. The SMILES string of the molecule is c1ccc(-c2nc(-c3ccccc3)nc(-c3ccccc3-c3cccc(-n4c5ccccc5c5ccc(-c6cccc7c6sc6ccccc67)cc54)c3)n2)cc1. The summed E-state index contributed by atoms with van der Waals surface area (Å²) in [6.07, 6.45) is 0. The number of para-hydroxylation sites is 1. The molecule has 0 saturated heterocycles. The summed E-state index contributed by atoms with van der Waals surface area (Å²) >= 11 is 1.87. The Hall–Kier alpha value is -7.21. The molecule has 11 aromatic rings. The minimum atomic E-state index is 0.635. The molecule has 0 amide bonds. The number of aromatic nitrogens is 4. The van der Waals surface area contributed by atoms with E-state index in [1.165, 1.54) is 53.1 Å². The molecule has 0 N–H and O–H groups in total. The topological polar surface area (TPSA) is 43.6 Å². The van der Waals surface area contributed by atoms with E-state index in [1.807, 2.05) is 72.0 Å². The Bertz CT molecular complexity index is 3200. The van der Waals surface area contributed by atoms with Crippen LogP contribution < -0.4 is 0 Å². The normalized spacial score (nSPS) is 11.6. The van der Waals surface area contributed by atoms with Gasteiger partial charge in [0.2, 0.25) is 0 Å². The van der Waals surface area contributed by atoms with Crippen molar-refractivity contribution in [1.29, 1.82) is 0 Å². The number of nitrogens with zero attached hydrogens (tertiary/aromatic N) is 4. The molecule has 0 saturated carbocycles. The summed E-state index contributed by atoms with van der Waals surface area (Å²) in [5, 5.41) is 5.07. The number of hydrogen-bond donors (Lipinski definition) is 0. The van der Waals surface area contributed by atoms with Crippen molar-refractivity contribution in [2.75, 3.05) is 0 Å². The van der Waals surface area contributed by atoms with Crippen LogP contribution in [0.2, 0.25) is 0 Å². The van der Waals surface area contributed by atoms with Crippen molar-refractivity contribution in [3.63, 3.8) is 0 Å². The number of thiophene rings is 1. The Morgan fingerprint density at radius 2 is 0.893 bits per heavy atom. The number of benzene rings is 8. The van der Waals surface area contributed by atoms with Crippen LogP contribution in [0, 0.1) is 0 Å². The second kappa shape index (κ2) is 13.3. The molecule has 0 aliphatic rings. The van der Waals surface area contributed by atoms with Gasteiger partial charge in [0.25, 0.3) is 0 Å². The van der Waals surface area contributed by atoms with Gasteiger partial charge >= 0.3 is 0 Å². The Kier molecular flexibility index (Phi) is 7.64. The van der Waals surface area contributed by atoms with E-state index in [0.717, 1.165) is 33.5 Å². The van der Waals surface area contributed by atoms with E-state index in [0.29, 0.717) is 17.5 Å². The fourth-order valence-corrected chi connectivity index (χ4v) is 9.30. The van der Waals surface area contributed by atoms with Gasteiger partial charge in [0, 0.05) is 53.3 Å². The highest BCUT2D eigenvalue weighted by molar-refractivity contribution is 7.26. The molecule has 0 aliphatic heterocycles. The van der Waals surface area contributed by atoms with Crippen LogP contribution in [0.1, 0.15) is 0 Å². The quantitative estimate of drug-likeness (QED) is 0.171. The molecule has 0 atom stereocenters. The molecule has 5 heteroatoms. The van der Waals surface area contributed by atoms with E-state index < -0.39 is 0 Å². The summed E-state index contributed by atoms with van der Waals surface area (Å²) in [4.78, 5) is 15.1. The first-order chi connectivity index (χ1) is 27.8. The van der Waals surface area contributed by atoms with Crippen LogP contribution in [0.15, 0.2) is 194 Å². The van der Waals surface area contributed by atoms with E-state index in [9.17, 15) is 0 Å². The van der Waals surface area contributed by atoms with Crippen molar-refractivity contribution < 1.29 is 0 Å². The van der Waals surface area contributed by atoms with Gasteiger partial charge in [-0.15, -0.1) is 11.3 Å². The first-order valence-corrected chi connectivity index (χ1v) is 19.6. The van der Waals surface area contributed by atoms with Crippen LogP contribution in [-0.2, 0) is 0 Å². The molecule has 8 aromatic carbocycles. The molecule has 56 heavy (non-hydrogen) atoms. The van der Waals surface area contributed by atoms with Gasteiger partial charge < -0.3 is 4.57 Å². The third kappa shape index (κ3) is 5.40. The molecule has 0 unspecified atom stereocenters. The monoisotopic (exact) mass is 732 g/mol. The Morgan fingerprint density at radius 1 is 0.339 bits per heavy atom. The maximum absolute atomic E-state index is 5.09. The van der Waals surface area contributed by atoms with Crippen molar-refractivity contribution in [3.8, 4) is 62.1 Å². The lowest BCUT2D eigenvalue weighted by molar-refractivity contribution is 1.07. The summed E-state index contributed by atoms with van der Waals surface area (Å²) < 4.78 is 5.04. The minimum absolute atomic E-state index is 0.635. The molecular formula is C51H32N4S. The molecule has 0 aliphatic carbocycles. The predicted octanol–water partition coefficient (Wildman–Crippen LogP) is 13.7. The fourth-order valence-electron chi connectivity index (χ4n) is 8.06. The van der Waals surface area contributed by atoms with E-state index in [-0.39, 0.29) is 0 Å². The van der Waals surface area contributed by atoms with Crippen LogP contribution >= 0.6 is 11.3 Å². The fraction of sp³-hybridized carbons (Fsp3) is 0. The third-order valence-corrected chi connectivity index (χ3v) is 11.9. The predicted molar refractivity (Wildman–Crippen MR) is 234 cm³/mol. The van der Waals surface area contributed by atoms with Crippen LogP contribution in [0.4, 0.5) is 0 Å². The largest absolute Gasteiger partial charge is 0.309 e. The molecule has 0 radical (unpaired) electrons. The highest BCUT2D eigenvalue weighted by Crippen LogP contribution is 2.42. The van der Waals surface area contributed by atoms with Gasteiger partial charge in [-0.1, -0.05) is 164 Å². The lowest BCUT2D eigenvalue weighted by Crippen LogP contribution is -2.01. The zero-order chi connectivity index (χ0) is 37.0. The molecule has 0 fully saturated rings. The summed E-state index contributed by atoms with van der Waals surface area (Å²) in [7, 11) is 0. The summed E-state index contributed by atoms with van der Waals surface area (Å²) in [6.45, 7) is 0. The first-order valence-electron chi connectivity index (χ1n) is 18.8. The highest BCUT2D eigenvalue weighted by Gasteiger charge is 2.18. The van der Waals surface area contributed by atoms with E-state index >= 15 is 0 Å². The number of hydrogen-bond acceptors (Lipinski definition) is 4. The highest BCUT2D eigenvalue weighted by atomic mass is 32.1. The summed E-state index contributed by atoms with van der Waals surface area (Å²) in [5.41, 5.74) is 10.9. The third-order valence-electron chi connectivity index (χ3n) is 10.7. The van der Waals surface area contributed by atoms with Crippen LogP contribution in [-0.4, -0.2) is 19.5 Å². The lowest BCUT2D eigenvalue weighted by Gasteiger charge is -2.14. The van der Waals surface area contributed by atoms with Crippen LogP contribution in [0.25, 0.3) is 104 Å². The van der Waals surface area contributed by atoms with E-state index in [4.69, 9.17) is 15.0 Å². The standard InChI is InChI=1S/C51H32N4S/c1-3-15-33(16-4-1)49-52-50(34-17-5-2-6-18-34)54-51(53-49)44-24-8-7-21-38(44)35-19-13-20-37(31-35)55-45-27-11-9-22-40(45)41-30-29-36(32-46(41)55)39-25-14-26-43-42-23-10-12-28-47(42)56-48(39)43/h1-32H. The van der Waals surface area contributed by atoms with Gasteiger partial charge in [-0.05, 0) is 52.6 Å². The maximum Gasteiger partial charge on any atom is 0.164 e. The van der Waals surface area contributed by atoms with Crippen molar-refractivity contribution in [1.82, 2.24) is 19.5 Å². The Balaban J connectivity index is 1.08. The van der Waals surface area contributed by atoms with Crippen molar-refractivity contribution in [2.45, 2.75) is 0 Å². The van der Waals surface area contributed by atoms with Gasteiger partial charge in [-0.25, -0.2) is 15.0 Å². The zero-order valence-electron chi connectivity index (χ0n) is 30.2. The van der Waals surface area contributed by atoms with Gasteiger partial charge in [-0.2, -0.15) is 0 Å². The second-order valence-electron chi connectivity index (χ2n) is 14.0. The maximum atomic E-state index is 5.09. The molecule has 11 rings (SSSR count). The molecule has 3 aromatic heterocycles. The smallest absolute Gasteiger partial charge is 0.164 e. The van der Waals surface area contributed by atoms with Crippen LogP contribution in [0.5, 0.6) is 0 Å². The molecule has 0 spiro atoms. The van der Waals surface area contributed by atoms with E-state index in [1.54, 1.807) is 0 Å². The van der Waals surface area contributed by atoms with Crippen molar-refractivity contribution in [2.24, 2.45) is 0 Å². The average molecular weight is 733 g/mol. The minimum Gasteiger partial charge on any atom is -0.309 e. The molecule has 0 bridgehead atoms. The first kappa shape index (κ1) is 32.2. The summed E-state index contributed by atoms with van der Waals surface area (Å²) in [5.74, 6) is 1.92. The Labute approximate surface area is 327 Å².